The highest BCUT2D eigenvalue weighted by Crippen LogP contribution is 2.30. The van der Waals surface area contributed by atoms with Crippen LogP contribution in [-0.2, 0) is 19.1 Å². The normalized spacial score (nSPS) is 10.8. The van der Waals surface area contributed by atoms with Gasteiger partial charge in [-0.3, -0.25) is 0 Å². The number of benzene rings is 4. The second-order valence-corrected chi connectivity index (χ2v) is 11.6. The third-order valence-corrected chi connectivity index (χ3v) is 7.49. The van der Waals surface area contributed by atoms with Gasteiger partial charge in [0.15, 0.2) is 11.5 Å². The molecule has 266 valence electrons. The molecule has 51 heavy (non-hydrogen) atoms. The van der Waals surface area contributed by atoms with Crippen molar-refractivity contribution in [2.75, 3.05) is 26.9 Å². The Hall–Kier alpha value is -5.90. The first-order chi connectivity index (χ1) is 24.7. The fourth-order valence-corrected chi connectivity index (χ4v) is 4.75. The standard InChI is InChI=1S/C41H42O10/c1-5-22-48-38(42)21-11-29-10-20-36(37(25-29)46-4)51-40(44)30-14-17-34(18-15-30)50-41(45)33-13-12-32-27-35(19-16-31(32)26-33)47-23-8-6-7-9-24-49-39(43)28(2)3/h10-21,25-27H,2,5-9,22-24H2,1,3-4H3/b21-11+. The van der Waals surface area contributed by atoms with Gasteiger partial charge in [-0.2, -0.15) is 0 Å². The molecule has 10 nitrogen and oxygen atoms in total. The van der Waals surface area contributed by atoms with Crippen molar-refractivity contribution in [3.8, 4) is 23.0 Å². The summed E-state index contributed by atoms with van der Waals surface area (Å²) in [5, 5.41) is 1.77. The van der Waals surface area contributed by atoms with Crippen molar-refractivity contribution in [3.05, 3.63) is 114 Å². The van der Waals surface area contributed by atoms with Crippen LogP contribution in [0.2, 0.25) is 0 Å². The molecular weight excluding hydrogens is 652 g/mol. The number of rotatable bonds is 18. The Labute approximate surface area is 297 Å². The van der Waals surface area contributed by atoms with Gasteiger partial charge in [0.05, 0.1) is 38.1 Å². The minimum absolute atomic E-state index is 0.200. The number of hydrogen-bond acceptors (Lipinski definition) is 10. The Morgan fingerprint density at radius 1 is 0.667 bits per heavy atom. The largest absolute Gasteiger partial charge is 0.494 e. The van der Waals surface area contributed by atoms with Gasteiger partial charge in [0, 0.05) is 11.6 Å². The highest BCUT2D eigenvalue weighted by atomic mass is 16.6. The van der Waals surface area contributed by atoms with Crippen LogP contribution in [0.25, 0.3) is 16.8 Å². The highest BCUT2D eigenvalue weighted by molar-refractivity contribution is 5.97. The van der Waals surface area contributed by atoms with Crippen molar-refractivity contribution < 1.29 is 47.6 Å². The molecule has 0 aliphatic carbocycles. The molecule has 4 rings (SSSR count). The smallest absolute Gasteiger partial charge is 0.343 e. The van der Waals surface area contributed by atoms with Gasteiger partial charge >= 0.3 is 23.9 Å². The fraction of sp³-hybridized carbons (Fsp3) is 0.268. The van der Waals surface area contributed by atoms with E-state index in [2.05, 4.69) is 6.58 Å². The second kappa shape index (κ2) is 19.3. The van der Waals surface area contributed by atoms with E-state index in [9.17, 15) is 19.2 Å². The third-order valence-electron chi connectivity index (χ3n) is 7.49. The number of fused-ring (bicyclic) bond motifs is 1. The highest BCUT2D eigenvalue weighted by Gasteiger charge is 2.15. The molecule has 0 aliphatic rings. The summed E-state index contributed by atoms with van der Waals surface area (Å²) in [6.07, 6.45) is 7.20. The minimum atomic E-state index is -0.630. The van der Waals surface area contributed by atoms with Gasteiger partial charge < -0.3 is 28.4 Å². The van der Waals surface area contributed by atoms with Gasteiger partial charge in [-0.15, -0.1) is 0 Å². The van der Waals surface area contributed by atoms with Crippen LogP contribution in [0.4, 0.5) is 0 Å². The molecule has 0 spiro atoms. The zero-order valence-electron chi connectivity index (χ0n) is 29.1. The van der Waals surface area contributed by atoms with Gasteiger partial charge in [-0.1, -0.05) is 31.7 Å². The average molecular weight is 695 g/mol. The predicted molar refractivity (Wildman–Crippen MR) is 193 cm³/mol. The summed E-state index contributed by atoms with van der Waals surface area (Å²) < 4.78 is 32.5. The van der Waals surface area contributed by atoms with Crippen molar-refractivity contribution >= 4 is 40.7 Å². The van der Waals surface area contributed by atoms with Gasteiger partial charge in [-0.25, -0.2) is 19.2 Å². The summed E-state index contributed by atoms with van der Waals surface area (Å²) in [5.74, 6) is -0.468. The molecule has 10 heteroatoms. The molecule has 0 radical (unpaired) electrons. The molecule has 0 bridgehead atoms. The maximum absolute atomic E-state index is 12.9. The van der Waals surface area contributed by atoms with Gasteiger partial charge in [0.2, 0.25) is 0 Å². The number of ether oxygens (including phenoxy) is 6. The van der Waals surface area contributed by atoms with E-state index >= 15 is 0 Å². The van der Waals surface area contributed by atoms with Crippen LogP contribution in [0.5, 0.6) is 23.0 Å². The number of carbonyl (C=O) groups excluding carboxylic acids is 4. The number of hydrogen-bond donors (Lipinski definition) is 0. The lowest BCUT2D eigenvalue weighted by Crippen LogP contribution is -2.10. The number of unbranched alkanes of at least 4 members (excludes halogenated alkanes) is 3. The van der Waals surface area contributed by atoms with Crippen LogP contribution in [0.15, 0.2) is 97.1 Å². The van der Waals surface area contributed by atoms with Crippen LogP contribution in [0, 0.1) is 0 Å². The molecule has 0 saturated heterocycles. The first-order valence-corrected chi connectivity index (χ1v) is 16.7. The summed E-state index contributed by atoms with van der Waals surface area (Å²) in [6, 6.07) is 21.9. The van der Waals surface area contributed by atoms with Crippen molar-refractivity contribution in [1.82, 2.24) is 0 Å². The molecule has 0 heterocycles. The topological polar surface area (TPSA) is 124 Å². The molecule has 0 amide bonds. The van der Waals surface area contributed by atoms with Crippen molar-refractivity contribution in [1.29, 1.82) is 0 Å². The van der Waals surface area contributed by atoms with Crippen LogP contribution < -0.4 is 18.9 Å². The van der Waals surface area contributed by atoms with Crippen molar-refractivity contribution in [3.63, 3.8) is 0 Å². The van der Waals surface area contributed by atoms with E-state index in [-0.39, 0.29) is 23.0 Å². The summed E-state index contributed by atoms with van der Waals surface area (Å²) >= 11 is 0. The Kier molecular flexibility index (Phi) is 14.4. The predicted octanol–water partition coefficient (Wildman–Crippen LogP) is 8.31. The third kappa shape index (κ3) is 11.9. The maximum Gasteiger partial charge on any atom is 0.343 e. The lowest BCUT2D eigenvalue weighted by Gasteiger charge is -2.11. The van der Waals surface area contributed by atoms with E-state index in [0.717, 1.165) is 48.6 Å². The first-order valence-electron chi connectivity index (χ1n) is 16.7. The van der Waals surface area contributed by atoms with E-state index < -0.39 is 17.9 Å². The monoisotopic (exact) mass is 694 g/mol. The zero-order valence-corrected chi connectivity index (χ0v) is 29.1. The fourth-order valence-electron chi connectivity index (χ4n) is 4.75. The van der Waals surface area contributed by atoms with Crippen molar-refractivity contribution in [2.45, 2.75) is 46.0 Å². The molecule has 4 aromatic carbocycles. The maximum atomic E-state index is 12.9. The minimum Gasteiger partial charge on any atom is -0.494 e. The lowest BCUT2D eigenvalue weighted by atomic mass is 10.1. The number of esters is 4. The Balaban J connectivity index is 1.25. The Morgan fingerprint density at radius 2 is 1.33 bits per heavy atom. The zero-order chi connectivity index (χ0) is 36.6. The summed E-state index contributed by atoms with van der Waals surface area (Å²) in [7, 11) is 1.45. The number of methoxy groups -OCH3 is 1. The quantitative estimate of drug-likeness (QED) is 0.0435. The van der Waals surface area contributed by atoms with E-state index in [4.69, 9.17) is 28.4 Å². The molecular formula is C41H42O10. The average Bonchev–Trinajstić information content (AvgIpc) is 3.14. The summed E-state index contributed by atoms with van der Waals surface area (Å²) in [5.41, 5.74) is 1.68. The summed E-state index contributed by atoms with van der Waals surface area (Å²) in [6.45, 7) is 8.41. The SMILES string of the molecule is C=C(C)C(=O)OCCCCCCOc1ccc2cc(C(=O)Oc3ccc(C(=O)Oc4ccc(/C=C/C(=O)OCCC)cc4OC)cc3)ccc2c1. The molecule has 0 atom stereocenters. The molecule has 0 saturated carbocycles. The van der Waals surface area contributed by atoms with Crippen LogP contribution in [0.3, 0.4) is 0 Å². The molecule has 4 aromatic rings. The molecule has 0 unspecified atom stereocenters. The molecule has 0 aliphatic heterocycles. The lowest BCUT2D eigenvalue weighted by molar-refractivity contribution is -0.139. The van der Waals surface area contributed by atoms with E-state index in [0.29, 0.717) is 42.3 Å². The van der Waals surface area contributed by atoms with E-state index in [1.165, 1.54) is 37.5 Å². The van der Waals surface area contributed by atoms with Crippen LogP contribution >= 0.6 is 0 Å². The van der Waals surface area contributed by atoms with Crippen LogP contribution in [-0.4, -0.2) is 50.8 Å². The molecule has 0 aromatic heterocycles. The Bertz CT molecular complexity index is 1870. The van der Waals surface area contributed by atoms with Crippen LogP contribution in [0.1, 0.15) is 72.2 Å². The van der Waals surface area contributed by atoms with Gasteiger partial charge in [-0.05, 0) is 122 Å². The van der Waals surface area contributed by atoms with Gasteiger partial charge in [0.25, 0.3) is 0 Å². The van der Waals surface area contributed by atoms with E-state index in [1.54, 1.807) is 43.3 Å². The van der Waals surface area contributed by atoms with Crippen molar-refractivity contribution in [2.24, 2.45) is 0 Å². The number of carbonyl (C=O) groups is 4. The first kappa shape index (κ1) is 37.9. The van der Waals surface area contributed by atoms with E-state index in [1.807, 2.05) is 31.2 Å². The molecule has 0 fully saturated rings. The Morgan fingerprint density at radius 3 is 2.06 bits per heavy atom. The van der Waals surface area contributed by atoms with Gasteiger partial charge in [0.1, 0.15) is 11.5 Å². The summed E-state index contributed by atoms with van der Waals surface area (Å²) in [4.78, 5) is 48.9. The second-order valence-electron chi connectivity index (χ2n) is 11.6. The molecule has 0 N–H and O–H groups in total.